The minimum atomic E-state index is -0.173. The van der Waals surface area contributed by atoms with Gasteiger partial charge in [-0.1, -0.05) is 179 Å². The second-order valence-electron chi connectivity index (χ2n) is 16.5. The fraction of sp³-hybridized carbons (Fsp3) is 0.111. The third-order valence-corrected chi connectivity index (χ3v) is 12.7. The molecule has 0 bridgehead atoms. The lowest BCUT2D eigenvalue weighted by molar-refractivity contribution is 0.661. The van der Waals surface area contributed by atoms with Gasteiger partial charge in [0.1, 0.15) is 0 Å². The summed E-state index contributed by atoms with van der Waals surface area (Å²) in [6.07, 6.45) is 0. The van der Waals surface area contributed by atoms with E-state index in [0.29, 0.717) is 0 Å². The Hall–Kier alpha value is -6.64. The molecule has 0 aliphatic heterocycles. The fourth-order valence-electron chi connectivity index (χ4n) is 9.94. The summed E-state index contributed by atoms with van der Waals surface area (Å²) in [5.41, 5.74) is 18.0. The van der Waals surface area contributed by atoms with Crippen LogP contribution in [0.15, 0.2) is 170 Å². The minimum absolute atomic E-state index is 0.115. The smallest absolute Gasteiger partial charge is 0.161 e. The van der Waals surface area contributed by atoms with Crippen LogP contribution in [-0.4, -0.2) is 9.97 Å². The Morgan fingerprint density at radius 3 is 1.84 bits per heavy atom. The lowest BCUT2D eigenvalue weighted by atomic mass is 9.79. The highest BCUT2D eigenvalue weighted by Gasteiger charge is 2.38. The van der Waals surface area contributed by atoms with Gasteiger partial charge in [-0.2, -0.15) is 0 Å². The van der Waals surface area contributed by atoms with E-state index >= 15 is 0 Å². The van der Waals surface area contributed by atoms with Crippen LogP contribution in [0.4, 0.5) is 0 Å². The zero-order chi connectivity index (χ0) is 37.8. The van der Waals surface area contributed by atoms with Gasteiger partial charge in [-0.25, -0.2) is 9.97 Å². The first-order chi connectivity index (χ1) is 27.3. The monoisotopic (exact) mass is 716 g/mol. The van der Waals surface area contributed by atoms with Crippen molar-refractivity contribution in [3.63, 3.8) is 0 Å². The zero-order valence-corrected chi connectivity index (χ0v) is 32.1. The highest BCUT2D eigenvalue weighted by Crippen LogP contribution is 2.54. The van der Waals surface area contributed by atoms with E-state index in [2.05, 4.69) is 198 Å². The van der Waals surface area contributed by atoms with Crippen LogP contribution in [-0.2, 0) is 10.8 Å². The molecule has 2 nitrogen and oxygen atoms in total. The summed E-state index contributed by atoms with van der Waals surface area (Å²) in [5.74, 6) is 0.729. The molecule has 0 radical (unpaired) electrons. The quantitative estimate of drug-likeness (QED) is 0.181. The van der Waals surface area contributed by atoms with E-state index in [4.69, 9.17) is 9.97 Å². The van der Waals surface area contributed by atoms with E-state index in [1.54, 1.807) is 0 Å². The molecule has 0 saturated heterocycles. The van der Waals surface area contributed by atoms with E-state index in [-0.39, 0.29) is 10.8 Å². The van der Waals surface area contributed by atoms with Crippen LogP contribution in [0.2, 0.25) is 0 Å². The third kappa shape index (κ3) is 4.69. The summed E-state index contributed by atoms with van der Waals surface area (Å²) in [6.45, 7) is 9.42. The minimum Gasteiger partial charge on any atom is -0.228 e. The van der Waals surface area contributed by atoms with Crippen molar-refractivity contribution in [2.75, 3.05) is 0 Å². The average Bonchev–Trinajstić information content (AvgIpc) is 3.63. The number of nitrogens with zero attached hydrogens (tertiary/aromatic N) is 2. The molecule has 1 aromatic heterocycles. The topological polar surface area (TPSA) is 25.8 Å². The molecule has 0 spiro atoms. The Bertz CT molecular complexity index is 3080. The van der Waals surface area contributed by atoms with E-state index in [0.717, 1.165) is 39.3 Å². The van der Waals surface area contributed by atoms with Gasteiger partial charge in [0.15, 0.2) is 5.82 Å². The van der Waals surface area contributed by atoms with Gasteiger partial charge in [0.05, 0.1) is 11.4 Å². The van der Waals surface area contributed by atoms with E-state index in [1.807, 2.05) is 0 Å². The van der Waals surface area contributed by atoms with Crippen molar-refractivity contribution in [3.05, 3.63) is 192 Å². The van der Waals surface area contributed by atoms with Crippen molar-refractivity contribution in [1.29, 1.82) is 0 Å². The molecule has 0 amide bonds. The number of hydrogen-bond donors (Lipinski definition) is 0. The molecule has 56 heavy (non-hydrogen) atoms. The number of aromatic nitrogens is 2. The van der Waals surface area contributed by atoms with Gasteiger partial charge in [0, 0.05) is 27.5 Å². The summed E-state index contributed by atoms with van der Waals surface area (Å²) in [7, 11) is 0. The molecule has 1 heterocycles. The summed E-state index contributed by atoms with van der Waals surface area (Å²) < 4.78 is 0. The number of rotatable bonds is 4. The Labute approximate surface area is 328 Å². The number of hydrogen-bond acceptors (Lipinski definition) is 2. The molecule has 266 valence electrons. The predicted octanol–water partition coefficient (Wildman–Crippen LogP) is 14.1. The normalized spacial score (nSPS) is 14.4. The molecule has 2 aliphatic carbocycles. The first-order valence-electron chi connectivity index (χ1n) is 19.7. The summed E-state index contributed by atoms with van der Waals surface area (Å²) in [6, 6.07) is 62.0. The van der Waals surface area contributed by atoms with Gasteiger partial charge in [-0.15, -0.1) is 0 Å². The predicted molar refractivity (Wildman–Crippen MR) is 234 cm³/mol. The lowest BCUT2D eigenvalue weighted by Gasteiger charge is -2.24. The van der Waals surface area contributed by atoms with Crippen LogP contribution in [0.25, 0.3) is 88.8 Å². The maximum atomic E-state index is 5.46. The average molecular weight is 717 g/mol. The van der Waals surface area contributed by atoms with Crippen LogP contribution in [0.5, 0.6) is 0 Å². The van der Waals surface area contributed by atoms with E-state index in [9.17, 15) is 0 Å². The molecule has 0 unspecified atom stereocenters. The van der Waals surface area contributed by atoms with Crippen molar-refractivity contribution >= 4 is 21.5 Å². The molecule has 11 rings (SSSR count). The van der Waals surface area contributed by atoms with Crippen molar-refractivity contribution in [2.45, 2.75) is 38.5 Å². The number of fused-ring (bicyclic) bond motifs is 9. The van der Waals surface area contributed by atoms with Gasteiger partial charge < -0.3 is 0 Å². The van der Waals surface area contributed by atoms with Crippen LogP contribution in [0, 0.1) is 0 Å². The SMILES string of the molecule is CC1(C)c2cc(-c3ccc(-c4nc(-c5ccccc5)cc(-c5cccc6c5C(C)(C)c5ccccc5-6)n4)c4ccccc34)ccc2-c2c1ccc1ccccc21. The first kappa shape index (κ1) is 32.8. The van der Waals surface area contributed by atoms with Gasteiger partial charge in [-0.3, -0.25) is 0 Å². The number of benzene rings is 8. The van der Waals surface area contributed by atoms with Gasteiger partial charge in [-0.05, 0) is 95.4 Å². The van der Waals surface area contributed by atoms with Gasteiger partial charge in [0.25, 0.3) is 0 Å². The first-order valence-corrected chi connectivity index (χ1v) is 19.7. The van der Waals surface area contributed by atoms with Crippen molar-refractivity contribution in [1.82, 2.24) is 9.97 Å². The maximum absolute atomic E-state index is 5.46. The van der Waals surface area contributed by atoms with E-state index < -0.39 is 0 Å². The molecule has 2 aliphatic rings. The Kier molecular flexibility index (Phi) is 6.98. The standard InChI is InChI=1S/C54H40N2/c1-53(2)46-30-26-33-15-8-9-18-37(33)50(46)43-27-25-35(31-47(43)53)36-28-29-42(39-20-11-10-19-38(36)39)52-55-48(34-16-6-5-7-17-34)32-49(56-52)44-23-14-22-41-40-21-12-13-24-45(40)54(3,4)51(41)44/h5-32H,1-4H3. The van der Waals surface area contributed by atoms with E-state index in [1.165, 1.54) is 71.8 Å². The Balaban J connectivity index is 1.09. The van der Waals surface area contributed by atoms with Crippen LogP contribution < -0.4 is 0 Å². The van der Waals surface area contributed by atoms with Crippen LogP contribution in [0.1, 0.15) is 49.9 Å². The summed E-state index contributed by atoms with van der Waals surface area (Å²) >= 11 is 0. The maximum Gasteiger partial charge on any atom is 0.161 e. The van der Waals surface area contributed by atoms with Gasteiger partial charge in [0.2, 0.25) is 0 Å². The van der Waals surface area contributed by atoms with Crippen molar-refractivity contribution < 1.29 is 0 Å². The summed E-state index contributed by atoms with van der Waals surface area (Å²) in [5, 5.41) is 4.94. The molecule has 0 saturated carbocycles. The molecular formula is C54H40N2. The highest BCUT2D eigenvalue weighted by molar-refractivity contribution is 6.06. The van der Waals surface area contributed by atoms with Crippen LogP contribution >= 0.6 is 0 Å². The molecule has 0 fully saturated rings. The second-order valence-corrected chi connectivity index (χ2v) is 16.5. The molecule has 2 heteroatoms. The van der Waals surface area contributed by atoms with Crippen molar-refractivity contribution in [3.8, 4) is 67.3 Å². The second kappa shape index (κ2) is 11.9. The Morgan fingerprint density at radius 1 is 0.357 bits per heavy atom. The third-order valence-electron chi connectivity index (χ3n) is 12.7. The molecule has 9 aromatic rings. The lowest BCUT2D eigenvalue weighted by Crippen LogP contribution is -2.16. The fourth-order valence-corrected chi connectivity index (χ4v) is 9.94. The highest BCUT2D eigenvalue weighted by atomic mass is 14.9. The molecular weight excluding hydrogens is 677 g/mol. The zero-order valence-electron chi connectivity index (χ0n) is 32.1. The van der Waals surface area contributed by atoms with Crippen LogP contribution in [0.3, 0.4) is 0 Å². The summed E-state index contributed by atoms with van der Waals surface area (Å²) in [4.78, 5) is 10.8. The molecule has 8 aromatic carbocycles. The van der Waals surface area contributed by atoms with Crippen molar-refractivity contribution in [2.24, 2.45) is 0 Å². The largest absolute Gasteiger partial charge is 0.228 e. The Morgan fingerprint density at radius 2 is 1.00 bits per heavy atom. The van der Waals surface area contributed by atoms with Gasteiger partial charge >= 0.3 is 0 Å². The molecule has 0 N–H and O–H groups in total. The molecule has 0 atom stereocenters.